The first-order valence-corrected chi connectivity index (χ1v) is 7.80. The van der Waals surface area contributed by atoms with Gasteiger partial charge in [0, 0.05) is 5.02 Å². The van der Waals surface area contributed by atoms with Crippen LogP contribution in [0.15, 0.2) is 42.5 Å². The van der Waals surface area contributed by atoms with Gasteiger partial charge in [-0.05, 0) is 30.3 Å². The molecule has 124 valence electrons. The van der Waals surface area contributed by atoms with E-state index in [1.807, 2.05) is 5.43 Å². The Hall–Kier alpha value is -2.28. The molecule has 8 heteroatoms. The van der Waals surface area contributed by atoms with Crippen molar-refractivity contribution < 1.29 is 14.3 Å². The maximum Gasteiger partial charge on any atom is 0.276 e. The van der Waals surface area contributed by atoms with Gasteiger partial charge in [-0.3, -0.25) is 15.0 Å². The lowest BCUT2D eigenvalue weighted by Gasteiger charge is -2.34. The van der Waals surface area contributed by atoms with E-state index in [4.69, 9.17) is 33.8 Å². The second kappa shape index (κ2) is 6.68. The van der Waals surface area contributed by atoms with Gasteiger partial charge >= 0.3 is 0 Å². The Kier molecular flexibility index (Phi) is 4.62. The smallest absolute Gasteiger partial charge is 0.276 e. The number of nitrogens with one attached hydrogen (secondary N) is 1. The Bertz CT molecular complexity index is 813. The average molecular weight is 366 g/mol. The predicted octanol–water partition coefficient (Wildman–Crippen LogP) is 2.39. The van der Waals surface area contributed by atoms with Gasteiger partial charge < -0.3 is 9.64 Å². The minimum atomic E-state index is -0.917. The van der Waals surface area contributed by atoms with E-state index in [2.05, 4.69) is 0 Å². The van der Waals surface area contributed by atoms with Crippen LogP contribution in [0.25, 0.3) is 0 Å². The van der Waals surface area contributed by atoms with E-state index < -0.39 is 12.0 Å². The van der Waals surface area contributed by atoms with Crippen LogP contribution in [0.4, 0.5) is 5.69 Å². The molecule has 0 radical (unpaired) electrons. The van der Waals surface area contributed by atoms with Crippen LogP contribution in [0.2, 0.25) is 10.0 Å². The molecule has 0 aromatic heterocycles. The molecule has 2 aromatic rings. The summed E-state index contributed by atoms with van der Waals surface area (Å²) in [6, 6.07) is 11.5. The van der Waals surface area contributed by atoms with Crippen molar-refractivity contribution in [3.8, 4) is 5.75 Å². The molecule has 1 unspecified atom stereocenters. The van der Waals surface area contributed by atoms with Crippen molar-refractivity contribution in [1.29, 1.82) is 0 Å². The van der Waals surface area contributed by atoms with E-state index >= 15 is 0 Å². The quantitative estimate of drug-likeness (QED) is 0.486. The highest BCUT2D eigenvalue weighted by atomic mass is 35.5. The van der Waals surface area contributed by atoms with Gasteiger partial charge in [-0.25, -0.2) is 5.84 Å². The minimum absolute atomic E-state index is 0.0117. The van der Waals surface area contributed by atoms with Crippen molar-refractivity contribution >= 4 is 40.7 Å². The number of carbonyl (C=O) groups is 2. The second-order valence-electron chi connectivity index (χ2n) is 5.12. The first-order valence-electron chi connectivity index (χ1n) is 7.04. The van der Waals surface area contributed by atoms with Gasteiger partial charge in [0.05, 0.1) is 22.8 Å². The second-order valence-corrected chi connectivity index (χ2v) is 5.97. The number of nitrogens with zero attached hydrogens (tertiary/aromatic N) is 1. The standard InChI is InChI=1S/C16H13Cl2N3O3/c17-9-5-6-10(11(18)7-9)16(23)21-8-14(15(22)20-19)24-13-4-2-1-3-12(13)21/h1-7,14H,8,19H2,(H,20,22). The maximum atomic E-state index is 12.9. The van der Waals surface area contributed by atoms with Crippen LogP contribution < -0.4 is 20.9 Å². The number of carbonyl (C=O) groups excluding carboxylic acids is 2. The van der Waals surface area contributed by atoms with Crippen LogP contribution in [0.3, 0.4) is 0 Å². The van der Waals surface area contributed by atoms with Crippen LogP contribution in [0, 0.1) is 0 Å². The molecule has 2 amide bonds. The number of amides is 2. The van der Waals surface area contributed by atoms with Crippen LogP contribution >= 0.6 is 23.2 Å². The molecule has 3 rings (SSSR count). The SMILES string of the molecule is NNC(=O)C1CN(C(=O)c2ccc(Cl)cc2Cl)c2ccccc2O1. The summed E-state index contributed by atoms with van der Waals surface area (Å²) in [4.78, 5) is 26.2. The molecule has 24 heavy (non-hydrogen) atoms. The van der Waals surface area contributed by atoms with E-state index in [0.29, 0.717) is 16.5 Å². The number of hydrogen-bond acceptors (Lipinski definition) is 4. The third-order valence-electron chi connectivity index (χ3n) is 3.62. The van der Waals surface area contributed by atoms with E-state index in [1.165, 1.54) is 11.0 Å². The van der Waals surface area contributed by atoms with Gasteiger partial charge in [-0.1, -0.05) is 35.3 Å². The average Bonchev–Trinajstić information content (AvgIpc) is 2.59. The fraction of sp³-hybridized carbons (Fsp3) is 0.125. The third-order valence-corrected chi connectivity index (χ3v) is 4.16. The largest absolute Gasteiger partial charge is 0.476 e. The number of halogens is 2. The zero-order valence-corrected chi connectivity index (χ0v) is 13.8. The first kappa shape index (κ1) is 16.6. The Morgan fingerprint density at radius 1 is 1.21 bits per heavy atom. The number of hydrogen-bond donors (Lipinski definition) is 2. The highest BCUT2D eigenvalue weighted by molar-refractivity contribution is 6.37. The van der Waals surface area contributed by atoms with E-state index in [1.54, 1.807) is 36.4 Å². The number of fused-ring (bicyclic) bond motifs is 1. The molecule has 0 saturated carbocycles. The summed E-state index contributed by atoms with van der Waals surface area (Å²) in [5.74, 6) is 4.71. The molecule has 0 saturated heterocycles. The molecule has 1 heterocycles. The minimum Gasteiger partial charge on any atom is -0.476 e. The molecule has 6 nitrogen and oxygen atoms in total. The number of nitrogens with two attached hydrogens (primary N) is 1. The number of hydrazine groups is 1. The molecule has 3 N–H and O–H groups in total. The van der Waals surface area contributed by atoms with Crippen molar-refractivity contribution in [2.75, 3.05) is 11.4 Å². The topological polar surface area (TPSA) is 84.7 Å². The normalized spacial score (nSPS) is 16.1. The number of anilines is 1. The van der Waals surface area contributed by atoms with E-state index in [9.17, 15) is 9.59 Å². The lowest BCUT2D eigenvalue weighted by molar-refractivity contribution is -0.127. The molecule has 1 aliphatic heterocycles. The summed E-state index contributed by atoms with van der Waals surface area (Å²) >= 11 is 12.0. The number of para-hydroxylation sites is 2. The first-order chi connectivity index (χ1) is 11.5. The van der Waals surface area contributed by atoms with Gasteiger partial charge in [0.1, 0.15) is 5.75 Å². The van der Waals surface area contributed by atoms with Crippen LogP contribution in [-0.2, 0) is 4.79 Å². The fourth-order valence-electron chi connectivity index (χ4n) is 2.46. The Morgan fingerprint density at radius 2 is 1.96 bits per heavy atom. The Morgan fingerprint density at radius 3 is 2.67 bits per heavy atom. The highest BCUT2D eigenvalue weighted by Gasteiger charge is 2.34. The molecular formula is C16H13Cl2N3O3. The molecule has 0 bridgehead atoms. The molecule has 1 aliphatic rings. The van der Waals surface area contributed by atoms with Crippen LogP contribution in [0.1, 0.15) is 10.4 Å². The van der Waals surface area contributed by atoms with Gasteiger partial charge in [-0.15, -0.1) is 0 Å². The van der Waals surface area contributed by atoms with Crippen molar-refractivity contribution in [1.82, 2.24) is 5.43 Å². The van der Waals surface area contributed by atoms with E-state index in [0.717, 1.165) is 0 Å². The maximum absolute atomic E-state index is 12.9. The molecule has 1 atom stereocenters. The van der Waals surface area contributed by atoms with Crippen molar-refractivity contribution in [3.63, 3.8) is 0 Å². The van der Waals surface area contributed by atoms with Crippen LogP contribution in [-0.4, -0.2) is 24.5 Å². The van der Waals surface area contributed by atoms with Gasteiger partial charge in [0.25, 0.3) is 11.8 Å². The zero-order chi connectivity index (χ0) is 17.3. The predicted molar refractivity (Wildman–Crippen MR) is 91.3 cm³/mol. The van der Waals surface area contributed by atoms with Gasteiger partial charge in [0.2, 0.25) is 0 Å². The lowest BCUT2D eigenvalue weighted by Crippen LogP contribution is -2.52. The molecule has 0 fully saturated rings. The Balaban J connectivity index is 2.01. The van der Waals surface area contributed by atoms with Crippen molar-refractivity contribution in [3.05, 3.63) is 58.1 Å². The van der Waals surface area contributed by atoms with Gasteiger partial charge in [-0.2, -0.15) is 0 Å². The molecular weight excluding hydrogens is 353 g/mol. The Labute approximate surface area is 148 Å². The monoisotopic (exact) mass is 365 g/mol. The van der Waals surface area contributed by atoms with Crippen LogP contribution in [0.5, 0.6) is 5.75 Å². The summed E-state index contributed by atoms with van der Waals surface area (Å²) in [6.07, 6.45) is -0.917. The molecule has 0 aliphatic carbocycles. The van der Waals surface area contributed by atoms with Gasteiger partial charge in [0.15, 0.2) is 6.10 Å². The van der Waals surface area contributed by atoms with Crippen molar-refractivity contribution in [2.45, 2.75) is 6.10 Å². The summed E-state index contributed by atoms with van der Waals surface area (Å²) in [7, 11) is 0. The fourth-order valence-corrected chi connectivity index (χ4v) is 2.95. The summed E-state index contributed by atoms with van der Waals surface area (Å²) < 4.78 is 5.61. The lowest BCUT2D eigenvalue weighted by atomic mass is 10.1. The highest BCUT2D eigenvalue weighted by Crippen LogP contribution is 2.35. The number of benzene rings is 2. The van der Waals surface area contributed by atoms with E-state index in [-0.39, 0.29) is 23.0 Å². The molecule has 2 aromatic carbocycles. The summed E-state index contributed by atoms with van der Waals surface area (Å²) in [5, 5.41) is 0.663. The zero-order valence-electron chi connectivity index (χ0n) is 12.3. The molecule has 0 spiro atoms. The summed E-state index contributed by atoms with van der Waals surface area (Å²) in [6.45, 7) is 0.0117. The summed E-state index contributed by atoms with van der Waals surface area (Å²) in [5.41, 5.74) is 2.87. The number of rotatable bonds is 2. The van der Waals surface area contributed by atoms with Crippen molar-refractivity contribution in [2.24, 2.45) is 5.84 Å². The number of ether oxygens (including phenoxy) is 1. The third kappa shape index (κ3) is 3.03.